The Morgan fingerprint density at radius 3 is 2.42 bits per heavy atom. The number of morpholine rings is 1. The van der Waals surface area contributed by atoms with Crippen LogP contribution in [0.15, 0.2) is 0 Å². The summed E-state index contributed by atoms with van der Waals surface area (Å²) in [5.41, 5.74) is 6.03. The second-order valence-electron chi connectivity index (χ2n) is 7.26. The Hall–Kier alpha value is -0.0700. The van der Waals surface area contributed by atoms with E-state index in [1.165, 1.54) is 19.3 Å². The van der Waals surface area contributed by atoms with Crippen LogP contribution in [0.5, 0.6) is 0 Å². The summed E-state index contributed by atoms with van der Waals surface area (Å²) in [5.74, 6) is 0.656. The van der Waals surface area contributed by atoms with Gasteiger partial charge >= 0.3 is 0 Å². The number of nitrogens with one attached hydrogen (secondary N) is 1. The summed E-state index contributed by atoms with van der Waals surface area (Å²) in [4.78, 5) is 14.7. The van der Waals surface area contributed by atoms with E-state index in [9.17, 15) is 4.79 Å². The van der Waals surface area contributed by atoms with E-state index in [0.29, 0.717) is 18.9 Å². The number of halogens is 2. The third-order valence-corrected chi connectivity index (χ3v) is 5.20. The fraction of sp³-hybridized carbons (Fsp3) is 0.941. The van der Waals surface area contributed by atoms with Crippen molar-refractivity contribution in [3.63, 3.8) is 0 Å². The number of carbonyl (C=O) groups excluding carboxylic acids is 1. The number of nitrogens with two attached hydrogens (primary N) is 1. The van der Waals surface area contributed by atoms with E-state index < -0.39 is 0 Å². The number of amides is 1. The van der Waals surface area contributed by atoms with Crippen molar-refractivity contribution in [2.75, 3.05) is 45.9 Å². The van der Waals surface area contributed by atoms with Crippen molar-refractivity contribution in [3.8, 4) is 0 Å². The molecular formula is C17H35Cl2N3O2. The summed E-state index contributed by atoms with van der Waals surface area (Å²) in [6, 6.07) is 0. The highest BCUT2D eigenvalue weighted by Gasteiger charge is 2.32. The van der Waals surface area contributed by atoms with Crippen molar-refractivity contribution in [1.82, 2.24) is 10.2 Å². The van der Waals surface area contributed by atoms with Gasteiger partial charge in [-0.2, -0.15) is 0 Å². The summed E-state index contributed by atoms with van der Waals surface area (Å²) in [6.07, 6.45) is 6.56. The average molecular weight is 384 g/mol. The molecule has 1 saturated carbocycles. The topological polar surface area (TPSA) is 67.6 Å². The summed E-state index contributed by atoms with van der Waals surface area (Å²) in [7, 11) is 0. The first-order valence-corrected chi connectivity index (χ1v) is 8.90. The highest BCUT2D eigenvalue weighted by atomic mass is 35.5. The molecule has 24 heavy (non-hydrogen) atoms. The molecule has 144 valence electrons. The number of ether oxygens (including phenoxy) is 1. The third kappa shape index (κ3) is 7.87. The standard InChI is InChI=1S/C17H33N3O2.2ClH/c1-15(13-20-7-9-22-10-8-20)12-19-16(21)11-17(14-18)5-3-2-4-6-17;;/h15H,2-14,18H2,1H3,(H,19,21);2*1H. The van der Waals surface area contributed by atoms with Gasteiger partial charge in [-0.3, -0.25) is 9.69 Å². The van der Waals surface area contributed by atoms with Crippen molar-refractivity contribution in [1.29, 1.82) is 0 Å². The van der Waals surface area contributed by atoms with Gasteiger partial charge in [0.15, 0.2) is 0 Å². The van der Waals surface area contributed by atoms with Crippen molar-refractivity contribution in [3.05, 3.63) is 0 Å². The van der Waals surface area contributed by atoms with Crippen LogP contribution in [0.4, 0.5) is 0 Å². The minimum absolute atomic E-state index is 0. The Labute approximate surface area is 159 Å². The zero-order valence-electron chi connectivity index (χ0n) is 14.9. The van der Waals surface area contributed by atoms with Crippen LogP contribution in [0.3, 0.4) is 0 Å². The molecule has 1 unspecified atom stereocenters. The summed E-state index contributed by atoms with van der Waals surface area (Å²) in [5, 5.41) is 3.13. The Kier molecular flexibility index (Phi) is 12.3. The summed E-state index contributed by atoms with van der Waals surface area (Å²) < 4.78 is 5.36. The molecule has 5 nitrogen and oxygen atoms in total. The molecule has 2 aliphatic rings. The predicted molar refractivity (Wildman–Crippen MR) is 103 cm³/mol. The average Bonchev–Trinajstić information content (AvgIpc) is 2.55. The maximum absolute atomic E-state index is 12.3. The zero-order valence-corrected chi connectivity index (χ0v) is 16.6. The van der Waals surface area contributed by atoms with Gasteiger partial charge in [0.05, 0.1) is 13.2 Å². The van der Waals surface area contributed by atoms with Gasteiger partial charge in [-0.15, -0.1) is 24.8 Å². The van der Waals surface area contributed by atoms with Gasteiger partial charge in [0.2, 0.25) is 5.91 Å². The molecule has 0 radical (unpaired) electrons. The van der Waals surface area contributed by atoms with Crippen LogP contribution in [0.1, 0.15) is 45.4 Å². The van der Waals surface area contributed by atoms with Crippen molar-refractivity contribution in [2.24, 2.45) is 17.1 Å². The van der Waals surface area contributed by atoms with Gasteiger partial charge in [0.1, 0.15) is 0 Å². The van der Waals surface area contributed by atoms with Crippen LogP contribution in [0.25, 0.3) is 0 Å². The number of nitrogens with zero attached hydrogens (tertiary/aromatic N) is 1. The fourth-order valence-corrected chi connectivity index (χ4v) is 3.74. The van der Waals surface area contributed by atoms with E-state index in [2.05, 4.69) is 17.1 Å². The largest absolute Gasteiger partial charge is 0.379 e. The van der Waals surface area contributed by atoms with E-state index in [1.807, 2.05) is 0 Å². The molecule has 1 heterocycles. The lowest BCUT2D eigenvalue weighted by Gasteiger charge is -2.35. The molecule has 0 spiro atoms. The van der Waals surface area contributed by atoms with Crippen molar-refractivity contribution >= 4 is 30.7 Å². The van der Waals surface area contributed by atoms with Gasteiger partial charge < -0.3 is 15.8 Å². The van der Waals surface area contributed by atoms with Gasteiger partial charge in [0.25, 0.3) is 0 Å². The normalized spacial score (nSPS) is 21.9. The van der Waals surface area contributed by atoms with Gasteiger partial charge in [-0.05, 0) is 30.7 Å². The molecule has 1 aliphatic carbocycles. The molecule has 1 amide bonds. The summed E-state index contributed by atoms with van der Waals surface area (Å²) in [6.45, 7) is 8.32. The maximum Gasteiger partial charge on any atom is 0.220 e. The first kappa shape index (κ1) is 23.9. The zero-order chi connectivity index (χ0) is 15.8. The minimum atomic E-state index is 0. The molecule has 1 saturated heterocycles. The first-order valence-electron chi connectivity index (χ1n) is 8.90. The molecule has 2 fully saturated rings. The second kappa shape index (κ2) is 12.3. The van der Waals surface area contributed by atoms with Crippen LogP contribution < -0.4 is 11.1 Å². The molecule has 2 rings (SSSR count). The van der Waals surface area contributed by atoms with E-state index in [0.717, 1.165) is 52.2 Å². The van der Waals surface area contributed by atoms with Crippen molar-refractivity contribution in [2.45, 2.75) is 45.4 Å². The van der Waals surface area contributed by atoms with E-state index >= 15 is 0 Å². The summed E-state index contributed by atoms with van der Waals surface area (Å²) >= 11 is 0. The molecule has 0 bridgehead atoms. The van der Waals surface area contributed by atoms with Crippen LogP contribution in [0.2, 0.25) is 0 Å². The lowest BCUT2D eigenvalue weighted by atomic mass is 9.71. The van der Waals surface area contributed by atoms with Crippen LogP contribution >= 0.6 is 24.8 Å². The molecule has 7 heteroatoms. The minimum Gasteiger partial charge on any atom is -0.379 e. The monoisotopic (exact) mass is 383 g/mol. The molecule has 0 aromatic rings. The lowest BCUT2D eigenvalue weighted by molar-refractivity contribution is -0.124. The highest BCUT2D eigenvalue weighted by Crippen LogP contribution is 2.38. The van der Waals surface area contributed by atoms with Gasteiger partial charge in [0, 0.05) is 32.6 Å². The molecule has 0 aromatic heterocycles. The number of rotatable bonds is 7. The molecule has 1 aliphatic heterocycles. The van der Waals surface area contributed by atoms with Crippen molar-refractivity contribution < 1.29 is 9.53 Å². The molecular weight excluding hydrogens is 349 g/mol. The van der Waals surface area contributed by atoms with Crippen LogP contribution in [-0.2, 0) is 9.53 Å². The Bertz CT molecular complexity index is 347. The second-order valence-corrected chi connectivity index (χ2v) is 7.26. The van der Waals surface area contributed by atoms with Gasteiger partial charge in [-0.1, -0.05) is 26.2 Å². The lowest BCUT2D eigenvalue weighted by Crippen LogP contribution is -2.43. The number of hydrogen-bond donors (Lipinski definition) is 2. The van der Waals surface area contributed by atoms with E-state index in [4.69, 9.17) is 10.5 Å². The predicted octanol–water partition coefficient (Wildman–Crippen LogP) is 2.21. The molecule has 0 aromatic carbocycles. The van der Waals surface area contributed by atoms with E-state index in [1.54, 1.807) is 0 Å². The smallest absolute Gasteiger partial charge is 0.220 e. The highest BCUT2D eigenvalue weighted by molar-refractivity contribution is 5.85. The van der Waals surface area contributed by atoms with Gasteiger partial charge in [-0.25, -0.2) is 0 Å². The molecule has 1 atom stereocenters. The quantitative estimate of drug-likeness (QED) is 0.706. The number of carbonyl (C=O) groups is 1. The van der Waals surface area contributed by atoms with Crippen LogP contribution in [0, 0.1) is 11.3 Å². The van der Waals surface area contributed by atoms with E-state index in [-0.39, 0.29) is 36.1 Å². The molecule has 3 N–H and O–H groups in total. The SMILES string of the molecule is CC(CNC(=O)CC1(CN)CCCCC1)CN1CCOCC1.Cl.Cl. The fourth-order valence-electron chi connectivity index (χ4n) is 3.74. The maximum atomic E-state index is 12.3. The Balaban J connectivity index is 0.00000264. The Morgan fingerprint density at radius 2 is 1.83 bits per heavy atom. The first-order chi connectivity index (χ1) is 10.6. The number of hydrogen-bond acceptors (Lipinski definition) is 4. The third-order valence-electron chi connectivity index (χ3n) is 5.20. The van der Waals surface area contributed by atoms with Crippen LogP contribution in [-0.4, -0.2) is 56.7 Å². The Morgan fingerprint density at radius 1 is 1.21 bits per heavy atom.